The number of hydrogen-bond acceptors (Lipinski definition) is 10. The number of nitrogens with one attached hydrogen (secondary N) is 1. The van der Waals surface area contributed by atoms with Crippen LogP contribution in [-0.4, -0.2) is 60.4 Å². The average molecular weight is 654 g/mol. The highest BCUT2D eigenvalue weighted by Crippen LogP contribution is 2.59. The van der Waals surface area contributed by atoms with Gasteiger partial charge in [-0.2, -0.15) is 0 Å². The number of fused-ring (bicyclic) bond motifs is 4. The molecule has 0 spiro atoms. The van der Waals surface area contributed by atoms with Crippen LogP contribution in [0.25, 0.3) is 11.1 Å². The fourth-order valence-electron chi connectivity index (χ4n) is 6.81. The van der Waals surface area contributed by atoms with Crippen LogP contribution in [0.3, 0.4) is 0 Å². The van der Waals surface area contributed by atoms with E-state index in [0.29, 0.717) is 35.0 Å². The summed E-state index contributed by atoms with van der Waals surface area (Å²) in [5, 5.41) is 2.89. The summed E-state index contributed by atoms with van der Waals surface area (Å²) in [6, 6.07) is 21.8. The van der Waals surface area contributed by atoms with E-state index in [4.69, 9.17) is 37.9 Å². The van der Waals surface area contributed by atoms with E-state index in [2.05, 4.69) is 29.6 Å². The molecule has 0 bridgehead atoms. The third-order valence-electron chi connectivity index (χ3n) is 9.01. The maximum atomic E-state index is 12.9. The summed E-state index contributed by atoms with van der Waals surface area (Å²) in [5.74, 6) is 1.48. The Kier molecular flexibility index (Phi) is 8.45. The van der Waals surface area contributed by atoms with Gasteiger partial charge in [-0.3, -0.25) is 0 Å². The number of carbonyl (C=O) groups excluding carboxylic acids is 2. The highest BCUT2D eigenvalue weighted by molar-refractivity contribution is 5.95. The van der Waals surface area contributed by atoms with Crippen molar-refractivity contribution in [1.82, 2.24) is 5.32 Å². The van der Waals surface area contributed by atoms with E-state index in [1.54, 1.807) is 19.2 Å². The number of methoxy groups -OCH3 is 4. The average Bonchev–Trinajstić information content (AvgIpc) is 3.64. The topological polar surface area (TPSA) is 123 Å². The molecule has 7 rings (SSSR count). The maximum absolute atomic E-state index is 12.9. The SMILES string of the molecule is COC(=O)c1c([C@H]2O[C@@H]2c2c(CCNC(=O)OCC3c4ccccc4-c4ccccc43)cc3c(c2OC)OCO3)ccc(OC)c1OC. The van der Waals surface area contributed by atoms with E-state index >= 15 is 0 Å². The van der Waals surface area contributed by atoms with Crippen LogP contribution in [0.4, 0.5) is 4.79 Å². The van der Waals surface area contributed by atoms with Gasteiger partial charge in [0.2, 0.25) is 12.5 Å². The van der Waals surface area contributed by atoms with E-state index in [1.807, 2.05) is 30.3 Å². The van der Waals surface area contributed by atoms with Crippen LogP contribution >= 0.6 is 0 Å². The Morgan fingerprint density at radius 3 is 2.19 bits per heavy atom. The highest BCUT2D eigenvalue weighted by atomic mass is 16.7. The van der Waals surface area contributed by atoms with Crippen molar-refractivity contribution in [2.75, 3.05) is 48.4 Å². The standard InChI is InChI=1S/C37H35NO10/c1-41-27-14-13-25(30(32(27)42-2)36(39)44-4)31-35(48-31)29-20(17-28-33(34(29)43-3)47-19-46-28)15-16-38-37(40)45-18-26-23-11-7-5-9-21(23)22-10-6-8-12-24(22)26/h5-14,17,26,31,35H,15-16,18-19H2,1-4H3,(H,38,40)/t31-,35-/m1/s1. The molecule has 11 nitrogen and oxygen atoms in total. The zero-order chi connectivity index (χ0) is 33.4. The van der Waals surface area contributed by atoms with Gasteiger partial charge in [0.25, 0.3) is 0 Å². The van der Waals surface area contributed by atoms with Crippen molar-refractivity contribution in [3.63, 3.8) is 0 Å². The molecule has 4 aromatic rings. The lowest BCUT2D eigenvalue weighted by Crippen LogP contribution is -2.28. The van der Waals surface area contributed by atoms with Gasteiger partial charge in [0.05, 0.1) is 28.4 Å². The molecule has 0 radical (unpaired) electrons. The fraction of sp³-hybridized carbons (Fsp3) is 0.297. The first-order valence-corrected chi connectivity index (χ1v) is 15.6. The Morgan fingerprint density at radius 1 is 0.812 bits per heavy atom. The Bertz CT molecular complexity index is 1840. The van der Waals surface area contributed by atoms with Crippen molar-refractivity contribution in [3.05, 3.63) is 100 Å². The van der Waals surface area contributed by atoms with Crippen molar-refractivity contribution >= 4 is 12.1 Å². The number of carbonyl (C=O) groups is 2. The number of esters is 1. The zero-order valence-electron chi connectivity index (χ0n) is 27.0. The second kappa shape index (κ2) is 13.0. The number of benzene rings is 4. The second-order valence-electron chi connectivity index (χ2n) is 11.5. The number of ether oxygens (including phenoxy) is 8. The molecule has 2 aliphatic heterocycles. The molecule has 3 aliphatic rings. The van der Waals surface area contributed by atoms with Gasteiger partial charge in [0, 0.05) is 23.6 Å². The van der Waals surface area contributed by atoms with E-state index in [-0.39, 0.29) is 37.2 Å². The van der Waals surface area contributed by atoms with Crippen molar-refractivity contribution < 1.29 is 47.5 Å². The molecule has 1 fully saturated rings. The molecule has 248 valence electrons. The number of alkyl carbamates (subject to hydrolysis) is 1. The highest BCUT2D eigenvalue weighted by Gasteiger charge is 2.48. The van der Waals surface area contributed by atoms with E-state index in [9.17, 15) is 9.59 Å². The minimum atomic E-state index is -0.583. The van der Waals surface area contributed by atoms with Gasteiger partial charge in [0.15, 0.2) is 23.0 Å². The molecule has 11 heteroatoms. The smallest absolute Gasteiger partial charge is 0.407 e. The van der Waals surface area contributed by atoms with Gasteiger partial charge in [-0.25, -0.2) is 9.59 Å². The quantitative estimate of drug-likeness (QED) is 0.150. The first kappa shape index (κ1) is 31.2. The maximum Gasteiger partial charge on any atom is 0.407 e. The second-order valence-corrected chi connectivity index (χ2v) is 11.5. The van der Waals surface area contributed by atoms with Gasteiger partial charge in [0.1, 0.15) is 24.4 Å². The monoisotopic (exact) mass is 653 g/mol. The fourth-order valence-corrected chi connectivity index (χ4v) is 6.81. The molecule has 4 aromatic carbocycles. The van der Waals surface area contributed by atoms with Gasteiger partial charge >= 0.3 is 12.1 Å². The Morgan fingerprint density at radius 2 is 1.52 bits per heavy atom. The van der Waals surface area contributed by atoms with E-state index in [1.165, 1.54) is 32.5 Å². The van der Waals surface area contributed by atoms with Crippen LogP contribution in [0.2, 0.25) is 0 Å². The predicted octanol–water partition coefficient (Wildman–Crippen LogP) is 6.12. The van der Waals surface area contributed by atoms with E-state index in [0.717, 1.165) is 22.3 Å². The molecule has 2 atom stereocenters. The number of amides is 1. The minimum absolute atomic E-state index is 0.0386. The third kappa shape index (κ3) is 5.39. The molecule has 1 saturated heterocycles. The van der Waals surface area contributed by atoms with Crippen LogP contribution in [-0.2, 0) is 20.6 Å². The van der Waals surface area contributed by atoms with Crippen LogP contribution in [0, 0.1) is 0 Å². The van der Waals surface area contributed by atoms with Crippen LogP contribution in [0.5, 0.6) is 28.7 Å². The molecule has 1 aliphatic carbocycles. The molecule has 0 saturated carbocycles. The van der Waals surface area contributed by atoms with Crippen LogP contribution in [0.15, 0.2) is 66.7 Å². The molecule has 1 amide bonds. The molecular formula is C37H35NO10. The zero-order valence-corrected chi connectivity index (χ0v) is 27.0. The lowest BCUT2D eigenvalue weighted by atomic mass is 9.93. The summed E-state index contributed by atoms with van der Waals surface area (Å²) in [5.41, 5.74) is 6.96. The Balaban J connectivity index is 1.09. The first-order chi connectivity index (χ1) is 23.5. The van der Waals surface area contributed by atoms with Crippen molar-refractivity contribution in [3.8, 4) is 39.9 Å². The molecule has 2 heterocycles. The largest absolute Gasteiger partial charge is 0.493 e. The molecule has 0 unspecified atom stereocenters. The van der Waals surface area contributed by atoms with Crippen molar-refractivity contribution in [1.29, 1.82) is 0 Å². The summed E-state index contributed by atoms with van der Waals surface area (Å²) in [4.78, 5) is 25.9. The summed E-state index contributed by atoms with van der Waals surface area (Å²) in [7, 11) is 5.81. The summed E-state index contributed by atoms with van der Waals surface area (Å²) in [6.07, 6.45) is -1.13. The lowest BCUT2D eigenvalue weighted by Gasteiger charge is -2.17. The first-order valence-electron chi connectivity index (χ1n) is 15.6. The molecule has 48 heavy (non-hydrogen) atoms. The minimum Gasteiger partial charge on any atom is -0.493 e. The molecule has 0 aromatic heterocycles. The van der Waals surface area contributed by atoms with Crippen LogP contribution in [0.1, 0.15) is 56.3 Å². The van der Waals surface area contributed by atoms with Crippen LogP contribution < -0.4 is 29.0 Å². The van der Waals surface area contributed by atoms with Gasteiger partial charge in [-0.1, -0.05) is 54.6 Å². The van der Waals surface area contributed by atoms with Gasteiger partial charge in [-0.15, -0.1) is 0 Å². The number of epoxide rings is 1. The summed E-state index contributed by atoms with van der Waals surface area (Å²) in [6.45, 7) is 0.533. The normalized spacial score (nSPS) is 16.8. The van der Waals surface area contributed by atoms with Gasteiger partial charge in [-0.05, 0) is 46.4 Å². The van der Waals surface area contributed by atoms with Gasteiger partial charge < -0.3 is 43.2 Å². The molecular weight excluding hydrogens is 618 g/mol. The Hall–Kier alpha value is -5.42. The molecule has 1 N–H and O–H groups in total. The summed E-state index contributed by atoms with van der Waals surface area (Å²) < 4.78 is 45.3. The number of hydrogen-bond donors (Lipinski definition) is 1. The Labute approximate surface area is 277 Å². The third-order valence-corrected chi connectivity index (χ3v) is 9.01. The van der Waals surface area contributed by atoms with Crippen molar-refractivity contribution in [2.24, 2.45) is 0 Å². The predicted molar refractivity (Wildman–Crippen MR) is 173 cm³/mol. The van der Waals surface area contributed by atoms with E-state index < -0.39 is 24.3 Å². The summed E-state index contributed by atoms with van der Waals surface area (Å²) >= 11 is 0. The number of rotatable bonds is 11. The lowest BCUT2D eigenvalue weighted by molar-refractivity contribution is 0.0594. The van der Waals surface area contributed by atoms with Crippen molar-refractivity contribution in [2.45, 2.75) is 24.5 Å².